The summed E-state index contributed by atoms with van der Waals surface area (Å²) in [7, 11) is 0. The Hall–Kier alpha value is -0.752. The van der Waals surface area contributed by atoms with E-state index in [1.165, 1.54) is 5.56 Å². The van der Waals surface area contributed by atoms with Gasteiger partial charge in [0.25, 0.3) is 0 Å². The molecule has 75 valence electrons. The second-order valence-electron chi connectivity index (χ2n) is 3.10. The standard InChI is InChI=1S/C11H14AsO2/c13-11(14)12-9-5-4-8-10-6-2-1-3-7-10/h2-3,6-7,12H,4-5,8-9H2,(H,13,14). The Bertz CT molecular complexity index is 272. The molecule has 0 aliphatic carbocycles. The maximum absolute atomic E-state index is 10.3. The molecule has 0 bridgehead atoms. The van der Waals surface area contributed by atoms with Crippen LogP contribution in [0.5, 0.6) is 0 Å². The molecule has 1 rings (SSSR count). The maximum atomic E-state index is 10.3. The van der Waals surface area contributed by atoms with Gasteiger partial charge in [-0.1, -0.05) is 0 Å². The zero-order chi connectivity index (χ0) is 10.2. The molecule has 1 atom stereocenters. The molecule has 0 aliphatic heterocycles. The molecule has 0 heterocycles. The van der Waals surface area contributed by atoms with Crippen molar-refractivity contribution in [1.82, 2.24) is 0 Å². The molecule has 2 nitrogen and oxygen atoms in total. The van der Waals surface area contributed by atoms with Crippen LogP contribution in [0.4, 0.5) is 4.79 Å². The third kappa shape index (κ3) is 5.08. The zero-order valence-electron chi connectivity index (χ0n) is 7.99. The molecular weight excluding hydrogens is 239 g/mol. The fraction of sp³-hybridized carbons (Fsp3) is 0.364. The Morgan fingerprint density at radius 3 is 2.71 bits per heavy atom. The van der Waals surface area contributed by atoms with E-state index in [0.717, 1.165) is 24.5 Å². The van der Waals surface area contributed by atoms with Crippen LogP contribution >= 0.6 is 0 Å². The first kappa shape index (κ1) is 11.3. The molecule has 1 unspecified atom stereocenters. The van der Waals surface area contributed by atoms with Crippen molar-refractivity contribution in [2.24, 2.45) is 0 Å². The number of carbonyl (C=O) groups is 1. The molecule has 1 aromatic rings. The van der Waals surface area contributed by atoms with E-state index in [1.54, 1.807) is 0 Å². The quantitative estimate of drug-likeness (QED) is 0.624. The number of hydrogen-bond donors (Lipinski definition) is 1. The number of carboxylic acid groups (broad SMARTS) is 1. The van der Waals surface area contributed by atoms with Gasteiger partial charge in [-0.3, -0.25) is 0 Å². The van der Waals surface area contributed by atoms with E-state index >= 15 is 0 Å². The molecule has 1 N–H and O–H groups in total. The molecule has 0 amide bonds. The normalized spacial score (nSPS) is 10.9. The van der Waals surface area contributed by atoms with Crippen LogP contribution in [0.25, 0.3) is 0 Å². The average Bonchev–Trinajstić information content (AvgIpc) is 2.18. The van der Waals surface area contributed by atoms with Gasteiger partial charge in [0.2, 0.25) is 0 Å². The molecule has 0 saturated carbocycles. The van der Waals surface area contributed by atoms with E-state index in [1.807, 2.05) is 12.1 Å². The Kier molecular flexibility index (Phi) is 5.39. The number of aryl methyl sites for hydroxylation is 1. The minimum absolute atomic E-state index is 0.570. The monoisotopic (exact) mass is 253 g/mol. The summed E-state index contributed by atoms with van der Waals surface area (Å²) >= 11 is -0.730. The van der Waals surface area contributed by atoms with Gasteiger partial charge in [-0.25, -0.2) is 0 Å². The van der Waals surface area contributed by atoms with Crippen LogP contribution in [0.2, 0.25) is 5.21 Å². The molecule has 0 aliphatic rings. The van der Waals surface area contributed by atoms with E-state index < -0.39 is 20.5 Å². The summed E-state index contributed by atoms with van der Waals surface area (Å²) in [4.78, 5) is 10.3. The summed E-state index contributed by atoms with van der Waals surface area (Å²) < 4.78 is -0.570. The summed E-state index contributed by atoms with van der Waals surface area (Å²) in [5, 5.41) is 9.39. The van der Waals surface area contributed by atoms with Crippen LogP contribution in [0.1, 0.15) is 18.4 Å². The van der Waals surface area contributed by atoms with Crippen molar-refractivity contribution >= 4 is 20.5 Å². The number of benzene rings is 1. The van der Waals surface area contributed by atoms with Gasteiger partial charge in [0.1, 0.15) is 0 Å². The first-order valence-corrected chi connectivity index (χ1v) is 7.24. The van der Waals surface area contributed by atoms with Crippen molar-refractivity contribution in [3.8, 4) is 0 Å². The van der Waals surface area contributed by atoms with Gasteiger partial charge in [-0.15, -0.1) is 0 Å². The first-order chi connectivity index (χ1) is 6.79. The van der Waals surface area contributed by atoms with Crippen molar-refractivity contribution in [2.75, 3.05) is 0 Å². The number of rotatable bonds is 6. The second kappa shape index (κ2) is 6.67. The minimum atomic E-state index is -0.730. The third-order valence-electron chi connectivity index (χ3n) is 1.96. The molecule has 14 heavy (non-hydrogen) atoms. The predicted octanol–water partition coefficient (Wildman–Crippen LogP) is 2.34. The summed E-state index contributed by atoms with van der Waals surface area (Å²) in [6, 6.07) is 10.9. The summed E-state index contributed by atoms with van der Waals surface area (Å²) in [5.74, 6) is 0. The van der Waals surface area contributed by atoms with Crippen molar-refractivity contribution in [1.29, 1.82) is 0 Å². The van der Waals surface area contributed by atoms with Crippen molar-refractivity contribution in [3.05, 3.63) is 35.9 Å². The van der Waals surface area contributed by atoms with E-state index in [2.05, 4.69) is 18.2 Å². The van der Waals surface area contributed by atoms with E-state index in [9.17, 15) is 4.79 Å². The van der Waals surface area contributed by atoms with Gasteiger partial charge >= 0.3 is 90.8 Å². The van der Waals surface area contributed by atoms with Gasteiger partial charge in [0.15, 0.2) is 0 Å². The van der Waals surface area contributed by atoms with Gasteiger partial charge in [-0.05, 0) is 0 Å². The van der Waals surface area contributed by atoms with Gasteiger partial charge in [-0.2, -0.15) is 0 Å². The molecular formula is C11H14AsO2. The van der Waals surface area contributed by atoms with Crippen molar-refractivity contribution < 1.29 is 9.90 Å². The Labute approximate surface area is 91.0 Å². The predicted molar refractivity (Wildman–Crippen MR) is 58.2 cm³/mol. The molecule has 1 aromatic carbocycles. The Morgan fingerprint density at radius 2 is 2.07 bits per heavy atom. The first-order valence-electron chi connectivity index (χ1n) is 4.71. The third-order valence-corrected chi connectivity index (χ3v) is 3.86. The van der Waals surface area contributed by atoms with Gasteiger partial charge < -0.3 is 0 Å². The SMILES string of the molecule is O=C(O)[AsH]CCCCc1cc[c]cc1. The molecule has 1 radical (unpaired) electrons. The topological polar surface area (TPSA) is 37.3 Å². The summed E-state index contributed by atoms with van der Waals surface area (Å²) in [6.07, 6.45) is 3.20. The number of unbranched alkanes of at least 4 members (excludes halogenated alkanes) is 1. The van der Waals surface area contributed by atoms with E-state index in [4.69, 9.17) is 5.11 Å². The molecule has 0 fully saturated rings. The Morgan fingerprint density at radius 1 is 1.36 bits per heavy atom. The van der Waals surface area contributed by atoms with Crippen LogP contribution in [-0.2, 0) is 6.42 Å². The van der Waals surface area contributed by atoms with E-state index in [0.29, 0.717) is 0 Å². The fourth-order valence-corrected chi connectivity index (χ4v) is 2.58. The van der Waals surface area contributed by atoms with Crippen molar-refractivity contribution in [3.63, 3.8) is 0 Å². The van der Waals surface area contributed by atoms with Crippen LogP contribution in [0.15, 0.2) is 24.3 Å². The van der Waals surface area contributed by atoms with E-state index in [-0.39, 0.29) is 0 Å². The molecule has 3 heteroatoms. The van der Waals surface area contributed by atoms with Gasteiger partial charge in [0.05, 0.1) is 0 Å². The van der Waals surface area contributed by atoms with Crippen LogP contribution in [0.3, 0.4) is 0 Å². The molecule has 0 spiro atoms. The van der Waals surface area contributed by atoms with Crippen LogP contribution in [-0.4, -0.2) is 25.6 Å². The zero-order valence-corrected chi connectivity index (χ0v) is 10.1. The fourth-order valence-electron chi connectivity index (χ4n) is 1.24. The van der Waals surface area contributed by atoms with Gasteiger partial charge in [0, 0.05) is 0 Å². The Balaban J connectivity index is 2.08. The number of hydrogen-bond acceptors (Lipinski definition) is 1. The van der Waals surface area contributed by atoms with Crippen LogP contribution in [0, 0.1) is 6.07 Å². The van der Waals surface area contributed by atoms with Crippen LogP contribution < -0.4 is 0 Å². The molecule has 0 saturated heterocycles. The average molecular weight is 253 g/mol. The summed E-state index contributed by atoms with van der Waals surface area (Å²) in [5.41, 5.74) is 1.32. The molecule has 0 aromatic heterocycles. The summed E-state index contributed by atoms with van der Waals surface area (Å²) in [6.45, 7) is 0. The van der Waals surface area contributed by atoms with Crippen molar-refractivity contribution in [2.45, 2.75) is 24.5 Å². The second-order valence-corrected chi connectivity index (χ2v) is 5.79.